The highest BCUT2D eigenvalue weighted by atomic mass is 16.5. The number of carbonyl (C=O) groups is 2. The first-order chi connectivity index (χ1) is 12.0. The van der Waals surface area contributed by atoms with Gasteiger partial charge in [0, 0.05) is 19.7 Å². The minimum absolute atomic E-state index is 0.232. The van der Waals surface area contributed by atoms with Crippen molar-refractivity contribution in [2.75, 3.05) is 33.9 Å². The predicted molar refractivity (Wildman–Crippen MR) is 92.0 cm³/mol. The third-order valence-electron chi connectivity index (χ3n) is 3.22. The molecule has 7 nitrogen and oxygen atoms in total. The minimum Gasteiger partial charge on any atom is -0.493 e. The highest BCUT2D eigenvalue weighted by molar-refractivity contribution is 5.89. The lowest BCUT2D eigenvalue weighted by Crippen LogP contribution is -2.31. The smallest absolute Gasteiger partial charge is 0.331 e. The predicted octanol–water partition coefficient (Wildman–Crippen LogP) is 2.02. The Labute approximate surface area is 147 Å². The highest BCUT2D eigenvalue weighted by Crippen LogP contribution is 2.28. The van der Waals surface area contributed by atoms with Gasteiger partial charge in [0.2, 0.25) is 0 Å². The minimum atomic E-state index is -0.630. The van der Waals surface area contributed by atoms with Crippen LogP contribution in [0.2, 0.25) is 0 Å². The maximum Gasteiger partial charge on any atom is 0.331 e. The average Bonchev–Trinajstić information content (AvgIpc) is 2.63. The van der Waals surface area contributed by atoms with Gasteiger partial charge in [0.15, 0.2) is 18.1 Å². The molecule has 1 aromatic carbocycles. The van der Waals surface area contributed by atoms with E-state index in [1.807, 2.05) is 13.0 Å². The summed E-state index contributed by atoms with van der Waals surface area (Å²) in [6.07, 6.45) is 3.03. The molecule has 7 heteroatoms. The molecule has 0 aromatic heterocycles. The summed E-state index contributed by atoms with van der Waals surface area (Å²) >= 11 is 0. The number of ether oxygens (including phenoxy) is 3. The van der Waals surface area contributed by atoms with E-state index in [4.69, 9.17) is 19.5 Å². The van der Waals surface area contributed by atoms with Crippen molar-refractivity contribution >= 4 is 18.0 Å². The third kappa shape index (κ3) is 6.96. The Balaban J connectivity index is 2.56. The zero-order valence-electron chi connectivity index (χ0n) is 14.7. The van der Waals surface area contributed by atoms with Gasteiger partial charge in [0.05, 0.1) is 26.2 Å². The number of nitrogens with zero attached hydrogens (tertiary/aromatic N) is 2. The van der Waals surface area contributed by atoms with Crippen LogP contribution in [-0.2, 0) is 14.3 Å². The summed E-state index contributed by atoms with van der Waals surface area (Å²) < 4.78 is 15.5. The summed E-state index contributed by atoms with van der Waals surface area (Å²) in [5.74, 6) is 0.192. The molecule has 134 valence electrons. The van der Waals surface area contributed by atoms with E-state index in [9.17, 15) is 9.59 Å². The summed E-state index contributed by atoms with van der Waals surface area (Å²) in [5.41, 5.74) is 0.731. The summed E-state index contributed by atoms with van der Waals surface area (Å²) in [7, 11) is 3.09. The molecule has 0 bridgehead atoms. The number of nitriles is 1. The zero-order chi connectivity index (χ0) is 18.7. The number of rotatable bonds is 9. The van der Waals surface area contributed by atoms with Gasteiger partial charge in [0.1, 0.15) is 0 Å². The molecule has 1 aromatic rings. The molecule has 0 fully saturated rings. The van der Waals surface area contributed by atoms with Crippen molar-refractivity contribution in [2.45, 2.75) is 13.3 Å². The fourth-order valence-corrected chi connectivity index (χ4v) is 1.86. The van der Waals surface area contributed by atoms with Gasteiger partial charge in [-0.2, -0.15) is 5.26 Å². The summed E-state index contributed by atoms with van der Waals surface area (Å²) in [4.78, 5) is 24.7. The molecule has 25 heavy (non-hydrogen) atoms. The van der Waals surface area contributed by atoms with Crippen molar-refractivity contribution in [1.29, 1.82) is 5.26 Å². The van der Waals surface area contributed by atoms with E-state index in [2.05, 4.69) is 0 Å². The number of amides is 1. The normalized spacial score (nSPS) is 10.2. The topological polar surface area (TPSA) is 88.9 Å². The lowest BCUT2D eigenvalue weighted by Gasteiger charge is -2.14. The largest absolute Gasteiger partial charge is 0.493 e. The number of hydrogen-bond acceptors (Lipinski definition) is 6. The zero-order valence-corrected chi connectivity index (χ0v) is 14.7. The van der Waals surface area contributed by atoms with Crippen LogP contribution in [0.3, 0.4) is 0 Å². The van der Waals surface area contributed by atoms with Crippen LogP contribution >= 0.6 is 0 Å². The molecule has 0 spiro atoms. The number of carbonyl (C=O) groups excluding carboxylic acids is 2. The van der Waals surface area contributed by atoms with E-state index in [1.54, 1.807) is 31.3 Å². The van der Waals surface area contributed by atoms with Crippen LogP contribution in [-0.4, -0.2) is 50.7 Å². The highest BCUT2D eigenvalue weighted by Gasteiger charge is 2.10. The van der Waals surface area contributed by atoms with E-state index in [0.717, 1.165) is 5.56 Å². The summed E-state index contributed by atoms with van der Waals surface area (Å²) in [6, 6.07) is 7.20. The lowest BCUT2D eigenvalue weighted by atomic mass is 10.2. The van der Waals surface area contributed by atoms with Crippen molar-refractivity contribution in [1.82, 2.24) is 4.90 Å². The quantitative estimate of drug-likeness (QED) is 0.502. The second kappa shape index (κ2) is 10.7. The Morgan fingerprint density at radius 3 is 2.72 bits per heavy atom. The first-order valence-corrected chi connectivity index (χ1v) is 7.78. The molecular weight excluding hydrogens is 324 g/mol. The Morgan fingerprint density at radius 1 is 1.32 bits per heavy atom. The molecule has 0 heterocycles. The Kier molecular flexibility index (Phi) is 8.58. The average molecular weight is 346 g/mol. The Hall–Kier alpha value is -3.01. The van der Waals surface area contributed by atoms with Gasteiger partial charge in [-0.05, 0) is 30.7 Å². The lowest BCUT2D eigenvalue weighted by molar-refractivity contribution is -0.147. The maximum absolute atomic E-state index is 11.7. The van der Waals surface area contributed by atoms with E-state index < -0.39 is 5.97 Å². The van der Waals surface area contributed by atoms with Crippen LogP contribution in [0.15, 0.2) is 24.3 Å². The molecule has 0 unspecified atom stereocenters. The van der Waals surface area contributed by atoms with Gasteiger partial charge in [-0.25, -0.2) is 4.79 Å². The first-order valence-electron chi connectivity index (χ1n) is 7.78. The standard InChI is InChI=1S/C18H22N2O5/c1-4-24-15-8-6-14(12-16(15)23-3)7-9-18(22)25-13-17(21)20(2)11-5-10-19/h6-9,12H,4-5,11,13H2,1-3H3/b9-7+. The second-order valence-electron chi connectivity index (χ2n) is 5.01. The van der Waals surface area contributed by atoms with Crippen molar-refractivity contribution in [3.8, 4) is 17.6 Å². The Morgan fingerprint density at radius 2 is 2.08 bits per heavy atom. The van der Waals surface area contributed by atoms with Crippen LogP contribution in [0, 0.1) is 11.3 Å². The molecule has 0 aliphatic rings. The summed E-state index contributed by atoms with van der Waals surface area (Å²) in [6.45, 7) is 2.34. The molecule has 1 amide bonds. The van der Waals surface area contributed by atoms with Crippen molar-refractivity contribution < 1.29 is 23.8 Å². The molecule has 0 aliphatic heterocycles. The second-order valence-corrected chi connectivity index (χ2v) is 5.01. The van der Waals surface area contributed by atoms with Crippen LogP contribution < -0.4 is 9.47 Å². The van der Waals surface area contributed by atoms with Crippen molar-refractivity contribution in [2.24, 2.45) is 0 Å². The molecule has 0 aliphatic carbocycles. The molecule has 0 N–H and O–H groups in total. The molecule has 0 saturated carbocycles. The number of methoxy groups -OCH3 is 1. The number of esters is 1. The first kappa shape index (κ1) is 20.0. The number of hydrogen-bond donors (Lipinski definition) is 0. The van der Waals surface area contributed by atoms with Crippen molar-refractivity contribution in [3.05, 3.63) is 29.8 Å². The van der Waals surface area contributed by atoms with Gasteiger partial charge in [0.25, 0.3) is 5.91 Å². The Bertz CT molecular complexity index is 664. The van der Waals surface area contributed by atoms with Crippen LogP contribution in [0.4, 0.5) is 0 Å². The van der Waals surface area contributed by atoms with Gasteiger partial charge in [-0.15, -0.1) is 0 Å². The molecule has 1 rings (SSSR count). The maximum atomic E-state index is 11.7. The number of likely N-dealkylation sites (N-methyl/N-ethyl adjacent to an activating group) is 1. The van der Waals surface area contributed by atoms with Crippen LogP contribution in [0.25, 0.3) is 6.08 Å². The molecular formula is C18H22N2O5. The van der Waals surface area contributed by atoms with Gasteiger partial charge in [-0.1, -0.05) is 6.07 Å². The molecule has 0 radical (unpaired) electrons. The molecule has 0 saturated heterocycles. The van der Waals surface area contributed by atoms with E-state index in [-0.39, 0.29) is 18.9 Å². The van der Waals surface area contributed by atoms with Crippen LogP contribution in [0.1, 0.15) is 18.9 Å². The van der Waals surface area contributed by atoms with E-state index in [0.29, 0.717) is 24.7 Å². The SMILES string of the molecule is CCOc1ccc(/C=C/C(=O)OCC(=O)N(C)CCC#N)cc1OC. The van der Waals surface area contributed by atoms with E-state index >= 15 is 0 Å². The van der Waals surface area contributed by atoms with E-state index in [1.165, 1.54) is 18.1 Å². The van der Waals surface area contributed by atoms with Gasteiger partial charge in [-0.3, -0.25) is 4.79 Å². The monoisotopic (exact) mass is 346 g/mol. The third-order valence-corrected chi connectivity index (χ3v) is 3.22. The van der Waals surface area contributed by atoms with Crippen molar-refractivity contribution in [3.63, 3.8) is 0 Å². The molecule has 0 atom stereocenters. The van der Waals surface area contributed by atoms with Gasteiger partial charge >= 0.3 is 5.97 Å². The number of benzene rings is 1. The fraction of sp³-hybridized carbons (Fsp3) is 0.389. The van der Waals surface area contributed by atoms with Gasteiger partial charge < -0.3 is 19.1 Å². The van der Waals surface area contributed by atoms with Crippen LogP contribution in [0.5, 0.6) is 11.5 Å². The fourth-order valence-electron chi connectivity index (χ4n) is 1.86. The summed E-state index contributed by atoms with van der Waals surface area (Å²) in [5, 5.41) is 8.48.